The molecule has 1 aromatic heterocycles. The summed E-state index contributed by atoms with van der Waals surface area (Å²) in [7, 11) is 0. The van der Waals surface area contributed by atoms with E-state index in [1.54, 1.807) is 12.4 Å². The second kappa shape index (κ2) is 2.49. The summed E-state index contributed by atoms with van der Waals surface area (Å²) in [5.74, 6) is 0.653. The van der Waals surface area contributed by atoms with E-state index in [-0.39, 0.29) is 5.41 Å². The fourth-order valence-corrected chi connectivity index (χ4v) is 0.974. The van der Waals surface area contributed by atoms with Crippen LogP contribution < -0.4 is 10.7 Å². The van der Waals surface area contributed by atoms with Crippen LogP contribution >= 0.6 is 0 Å². The number of anilines is 1. The fraction of sp³-hybridized carbons (Fsp3) is 0.500. The molecular weight excluding hydrogens is 138 g/mol. The Bertz CT molecular complexity index is 250. The highest BCUT2D eigenvalue weighted by Crippen LogP contribution is 2.21. The number of aromatic amines is 1. The van der Waals surface area contributed by atoms with E-state index < -0.39 is 0 Å². The monoisotopic (exact) mass is 152 g/mol. The molecule has 0 atom stereocenters. The molecule has 1 rings (SSSR count). The molecule has 3 heteroatoms. The Morgan fingerprint density at radius 2 is 2.09 bits per heavy atom. The highest BCUT2D eigenvalue weighted by atomic mass is 14.9. The van der Waals surface area contributed by atoms with Crippen LogP contribution in [0.4, 0.5) is 5.82 Å². The third-order valence-electron chi connectivity index (χ3n) is 1.48. The first-order chi connectivity index (χ1) is 5.02. The topological polar surface area (TPSA) is 53.0 Å². The smallest absolute Gasteiger partial charge is 0.285 e. The summed E-state index contributed by atoms with van der Waals surface area (Å²) in [6, 6.07) is 0. The summed E-state index contributed by atoms with van der Waals surface area (Å²) in [5.41, 5.74) is 6.62. The molecule has 0 aliphatic rings. The van der Waals surface area contributed by atoms with Crippen molar-refractivity contribution in [2.75, 3.05) is 5.73 Å². The number of hydrogen-bond donors (Lipinski definition) is 1. The highest BCUT2D eigenvalue weighted by molar-refractivity contribution is 5.32. The molecule has 0 amide bonds. The van der Waals surface area contributed by atoms with Crippen LogP contribution in [0.5, 0.6) is 0 Å². The number of hydrogen-bond acceptors (Lipinski definition) is 2. The van der Waals surface area contributed by atoms with Gasteiger partial charge in [-0.15, -0.1) is 0 Å². The maximum atomic E-state index is 5.69. The first-order valence-electron chi connectivity index (χ1n) is 3.64. The van der Waals surface area contributed by atoms with Gasteiger partial charge in [-0.3, -0.25) is 5.73 Å². The minimum atomic E-state index is 0.0157. The maximum absolute atomic E-state index is 5.69. The average Bonchev–Trinajstić information content (AvgIpc) is 1.86. The van der Waals surface area contributed by atoms with E-state index in [9.17, 15) is 0 Å². The fourth-order valence-electron chi connectivity index (χ4n) is 0.974. The van der Waals surface area contributed by atoms with Gasteiger partial charge in [-0.1, -0.05) is 20.8 Å². The summed E-state index contributed by atoms with van der Waals surface area (Å²) < 4.78 is 0. The van der Waals surface area contributed by atoms with E-state index in [4.69, 9.17) is 5.73 Å². The lowest BCUT2D eigenvalue weighted by Crippen LogP contribution is -2.22. The van der Waals surface area contributed by atoms with Gasteiger partial charge in [-0.2, -0.15) is 0 Å². The molecule has 0 aliphatic heterocycles. The molecule has 11 heavy (non-hydrogen) atoms. The van der Waals surface area contributed by atoms with E-state index in [1.165, 1.54) is 0 Å². The minimum Gasteiger partial charge on any atom is -0.285 e. The van der Waals surface area contributed by atoms with Gasteiger partial charge in [-0.25, -0.2) is 9.97 Å². The predicted molar refractivity (Wildman–Crippen MR) is 43.9 cm³/mol. The molecule has 0 bridgehead atoms. The van der Waals surface area contributed by atoms with Gasteiger partial charge < -0.3 is 0 Å². The molecule has 1 aromatic rings. The van der Waals surface area contributed by atoms with E-state index in [0.29, 0.717) is 5.82 Å². The summed E-state index contributed by atoms with van der Waals surface area (Å²) in [6.07, 6.45) is 3.45. The van der Waals surface area contributed by atoms with Crippen molar-refractivity contribution in [3.63, 3.8) is 0 Å². The minimum absolute atomic E-state index is 0.0157. The first-order valence-corrected chi connectivity index (χ1v) is 3.64. The Morgan fingerprint density at radius 1 is 1.45 bits per heavy atom. The zero-order chi connectivity index (χ0) is 8.48. The number of rotatable bonds is 0. The van der Waals surface area contributed by atoms with Crippen LogP contribution in [0.1, 0.15) is 26.5 Å². The van der Waals surface area contributed by atoms with E-state index in [2.05, 4.69) is 30.7 Å². The van der Waals surface area contributed by atoms with Crippen molar-refractivity contribution in [3.8, 4) is 0 Å². The number of nitrogen functional groups attached to an aromatic ring is 1. The maximum Gasteiger partial charge on any atom is 0.292 e. The van der Waals surface area contributed by atoms with Gasteiger partial charge in [0.2, 0.25) is 0 Å². The van der Waals surface area contributed by atoms with Crippen LogP contribution in [0.25, 0.3) is 0 Å². The molecule has 0 radical (unpaired) electrons. The third kappa shape index (κ3) is 1.67. The van der Waals surface area contributed by atoms with Crippen molar-refractivity contribution in [1.29, 1.82) is 0 Å². The lowest BCUT2D eigenvalue weighted by molar-refractivity contribution is -0.362. The van der Waals surface area contributed by atoms with Crippen molar-refractivity contribution >= 4 is 5.82 Å². The Morgan fingerprint density at radius 3 is 2.45 bits per heavy atom. The first kappa shape index (κ1) is 7.98. The summed E-state index contributed by atoms with van der Waals surface area (Å²) in [4.78, 5) is 7.11. The van der Waals surface area contributed by atoms with Gasteiger partial charge in [0.25, 0.3) is 5.82 Å². The zero-order valence-electron chi connectivity index (χ0n) is 7.18. The number of nitrogens with two attached hydrogens (primary N) is 1. The van der Waals surface area contributed by atoms with Crippen molar-refractivity contribution in [3.05, 3.63) is 18.1 Å². The summed E-state index contributed by atoms with van der Waals surface area (Å²) >= 11 is 0. The Balaban J connectivity index is 3.14. The lowest BCUT2D eigenvalue weighted by atomic mass is 9.92. The quantitative estimate of drug-likeness (QED) is 0.597. The lowest BCUT2D eigenvalue weighted by Gasteiger charge is -2.15. The van der Waals surface area contributed by atoms with Crippen LogP contribution in [0.15, 0.2) is 12.4 Å². The molecule has 0 spiro atoms. The molecular formula is C8H14N3+. The van der Waals surface area contributed by atoms with E-state index >= 15 is 0 Å². The molecule has 0 aromatic carbocycles. The third-order valence-corrected chi connectivity index (χ3v) is 1.48. The molecule has 0 fully saturated rings. The summed E-state index contributed by atoms with van der Waals surface area (Å²) in [5, 5.41) is 0. The number of nitrogens with zero attached hydrogens (tertiary/aromatic N) is 1. The van der Waals surface area contributed by atoms with E-state index in [1.807, 2.05) is 0 Å². The predicted octanol–water partition coefficient (Wildman–Crippen LogP) is 0.775. The second-order valence-electron chi connectivity index (χ2n) is 3.60. The largest absolute Gasteiger partial charge is 0.292 e. The Labute approximate surface area is 66.7 Å². The normalized spacial score (nSPS) is 11.5. The van der Waals surface area contributed by atoms with Gasteiger partial charge >= 0.3 is 0 Å². The van der Waals surface area contributed by atoms with Gasteiger partial charge in [0, 0.05) is 5.41 Å². The molecule has 0 unspecified atom stereocenters. The Hall–Kier alpha value is -1.12. The molecule has 0 saturated carbocycles. The van der Waals surface area contributed by atoms with Gasteiger partial charge in [0.05, 0.1) is 6.20 Å². The van der Waals surface area contributed by atoms with Crippen molar-refractivity contribution < 1.29 is 4.98 Å². The number of H-pyrrole nitrogens is 1. The zero-order valence-corrected chi connectivity index (χ0v) is 7.18. The van der Waals surface area contributed by atoms with Crippen LogP contribution in [0, 0.1) is 0 Å². The standard InChI is InChI=1S/C8H13N3/c1-8(2,3)6-7(9)11-5-4-10-6/h4-5H,1-3H3,(H2,9,11)/p+1. The van der Waals surface area contributed by atoms with E-state index in [0.717, 1.165) is 5.69 Å². The van der Waals surface area contributed by atoms with Gasteiger partial charge in [-0.05, 0) is 0 Å². The molecule has 3 nitrogen and oxygen atoms in total. The molecule has 1 heterocycles. The molecule has 60 valence electrons. The summed E-state index contributed by atoms with van der Waals surface area (Å²) in [6.45, 7) is 6.25. The van der Waals surface area contributed by atoms with Crippen LogP contribution in [-0.2, 0) is 5.41 Å². The van der Waals surface area contributed by atoms with Crippen LogP contribution in [-0.4, -0.2) is 4.98 Å². The van der Waals surface area contributed by atoms with Crippen molar-refractivity contribution in [2.45, 2.75) is 26.2 Å². The molecule has 0 aliphatic carbocycles. The molecule has 3 N–H and O–H groups in total. The van der Waals surface area contributed by atoms with Gasteiger partial charge in [0.15, 0.2) is 0 Å². The second-order valence-corrected chi connectivity index (χ2v) is 3.60. The van der Waals surface area contributed by atoms with Crippen LogP contribution in [0.3, 0.4) is 0 Å². The molecule has 0 saturated heterocycles. The Kier molecular flexibility index (Phi) is 1.81. The van der Waals surface area contributed by atoms with Crippen molar-refractivity contribution in [2.24, 2.45) is 0 Å². The van der Waals surface area contributed by atoms with Gasteiger partial charge in [0.1, 0.15) is 11.9 Å². The average molecular weight is 152 g/mol. The van der Waals surface area contributed by atoms with Crippen LogP contribution in [0.2, 0.25) is 0 Å². The number of aromatic nitrogens is 2. The highest BCUT2D eigenvalue weighted by Gasteiger charge is 2.21. The van der Waals surface area contributed by atoms with Crippen molar-refractivity contribution in [1.82, 2.24) is 4.98 Å². The number of nitrogens with one attached hydrogen (secondary N) is 1. The SMILES string of the molecule is CC(C)(C)c1ncc[nH+]c1N.